The summed E-state index contributed by atoms with van der Waals surface area (Å²) in [5.41, 5.74) is 7.62. The summed E-state index contributed by atoms with van der Waals surface area (Å²) in [6, 6.07) is 12.4. The third-order valence-corrected chi connectivity index (χ3v) is 6.90. The minimum Gasteiger partial charge on any atom is -0.461 e. The molecule has 0 amide bonds. The lowest BCUT2D eigenvalue weighted by atomic mass is 10.1. The Balaban J connectivity index is 1.31. The molecule has 0 unspecified atom stereocenters. The van der Waals surface area contributed by atoms with E-state index in [2.05, 4.69) is 37.0 Å². The van der Waals surface area contributed by atoms with Crippen LogP contribution in [-0.4, -0.2) is 20.5 Å². The number of esters is 1. The van der Waals surface area contributed by atoms with E-state index in [-0.39, 0.29) is 19.0 Å². The zero-order valence-electron chi connectivity index (χ0n) is 18.0. The van der Waals surface area contributed by atoms with Crippen LogP contribution in [0, 0.1) is 13.8 Å². The number of fused-ring (bicyclic) bond motifs is 1. The van der Waals surface area contributed by atoms with E-state index < -0.39 is 0 Å². The molecule has 0 aliphatic heterocycles. The second-order valence-corrected chi connectivity index (χ2v) is 9.52. The molecular formula is C25H25N3O2S. The van der Waals surface area contributed by atoms with E-state index in [1.54, 1.807) is 17.7 Å². The number of thiazole rings is 1. The molecule has 5 nitrogen and oxygen atoms in total. The van der Waals surface area contributed by atoms with Crippen LogP contribution in [0.1, 0.15) is 46.0 Å². The summed E-state index contributed by atoms with van der Waals surface area (Å²) in [6.07, 6.45) is 4.38. The van der Waals surface area contributed by atoms with Gasteiger partial charge in [-0.05, 0) is 49.9 Å². The number of carbonyl (C=O) groups is 1. The van der Waals surface area contributed by atoms with Gasteiger partial charge in [0.1, 0.15) is 11.6 Å². The Kier molecular flexibility index (Phi) is 5.10. The number of rotatable bonds is 6. The number of aromatic nitrogens is 3. The average molecular weight is 432 g/mol. The number of nitrogens with zero attached hydrogens (tertiary/aromatic N) is 3. The Bertz CT molecular complexity index is 1280. The summed E-state index contributed by atoms with van der Waals surface area (Å²) >= 11 is 1.63. The molecule has 2 aromatic carbocycles. The van der Waals surface area contributed by atoms with Crippen molar-refractivity contribution in [2.75, 3.05) is 0 Å². The van der Waals surface area contributed by atoms with Gasteiger partial charge in [-0.3, -0.25) is 4.79 Å². The van der Waals surface area contributed by atoms with Crippen LogP contribution < -0.4 is 0 Å². The van der Waals surface area contributed by atoms with E-state index in [4.69, 9.17) is 9.72 Å². The van der Waals surface area contributed by atoms with Crippen molar-refractivity contribution in [1.82, 2.24) is 14.5 Å². The van der Waals surface area contributed by atoms with Gasteiger partial charge >= 0.3 is 5.97 Å². The van der Waals surface area contributed by atoms with Crippen LogP contribution in [0.3, 0.4) is 0 Å². The first kappa shape index (κ1) is 19.9. The second-order valence-electron chi connectivity index (χ2n) is 8.44. The van der Waals surface area contributed by atoms with Crippen LogP contribution in [0.2, 0.25) is 0 Å². The number of carbonyl (C=O) groups excluding carboxylic acids is 1. The molecule has 0 radical (unpaired) electrons. The first-order valence-corrected chi connectivity index (χ1v) is 11.4. The van der Waals surface area contributed by atoms with E-state index in [9.17, 15) is 4.79 Å². The molecule has 4 aromatic rings. The molecule has 2 aromatic heterocycles. The maximum Gasteiger partial charge on any atom is 0.311 e. The molecule has 6 heteroatoms. The molecule has 158 valence electrons. The molecule has 1 saturated carbocycles. The van der Waals surface area contributed by atoms with Crippen molar-refractivity contribution >= 4 is 28.3 Å². The lowest BCUT2D eigenvalue weighted by Gasteiger charge is -2.05. The van der Waals surface area contributed by atoms with Crippen molar-refractivity contribution in [2.24, 2.45) is 7.05 Å². The van der Waals surface area contributed by atoms with Gasteiger partial charge in [0.2, 0.25) is 0 Å². The molecule has 0 bridgehead atoms. The van der Waals surface area contributed by atoms with Gasteiger partial charge < -0.3 is 9.30 Å². The average Bonchev–Trinajstić information content (AvgIpc) is 3.41. The van der Waals surface area contributed by atoms with Gasteiger partial charge in [-0.1, -0.05) is 29.8 Å². The van der Waals surface area contributed by atoms with Crippen molar-refractivity contribution in [3.63, 3.8) is 0 Å². The SMILES string of the molecule is Cc1ccc(-c2nc(C3CC3)c(CC(=O)OCc3ccc4c(c3)ncn4C)s2)c(C)c1. The molecular weight excluding hydrogens is 406 g/mol. The highest BCUT2D eigenvalue weighted by Crippen LogP contribution is 2.44. The molecule has 0 N–H and O–H groups in total. The quantitative estimate of drug-likeness (QED) is 0.380. The minimum absolute atomic E-state index is 0.209. The van der Waals surface area contributed by atoms with Gasteiger partial charge in [-0.25, -0.2) is 9.97 Å². The number of benzene rings is 2. The van der Waals surface area contributed by atoms with Crippen molar-refractivity contribution in [2.45, 2.75) is 45.6 Å². The lowest BCUT2D eigenvalue weighted by molar-refractivity contribution is -0.144. The molecule has 1 fully saturated rings. The lowest BCUT2D eigenvalue weighted by Crippen LogP contribution is -2.08. The zero-order valence-corrected chi connectivity index (χ0v) is 18.8. The molecule has 0 atom stereocenters. The monoisotopic (exact) mass is 431 g/mol. The highest BCUT2D eigenvalue weighted by Gasteiger charge is 2.31. The minimum atomic E-state index is -0.209. The Morgan fingerprint density at radius 3 is 2.81 bits per heavy atom. The number of imidazole rings is 1. The predicted octanol–water partition coefficient (Wildman–Crippen LogP) is 5.48. The fourth-order valence-corrected chi connectivity index (χ4v) is 5.18. The normalized spacial score (nSPS) is 13.6. The molecule has 1 aliphatic rings. The van der Waals surface area contributed by atoms with Gasteiger partial charge in [-0.15, -0.1) is 11.3 Å². The number of hydrogen-bond acceptors (Lipinski definition) is 5. The number of hydrogen-bond donors (Lipinski definition) is 0. The van der Waals surface area contributed by atoms with Crippen molar-refractivity contribution in [1.29, 1.82) is 0 Å². The maximum atomic E-state index is 12.6. The Hall–Kier alpha value is -2.99. The van der Waals surface area contributed by atoms with E-state index in [0.29, 0.717) is 5.92 Å². The largest absolute Gasteiger partial charge is 0.461 e. The molecule has 2 heterocycles. The van der Waals surface area contributed by atoms with Crippen molar-refractivity contribution in [3.8, 4) is 10.6 Å². The standard InChI is InChI=1S/C25H25N3O2S/c1-15-4-8-19(16(2)10-15)25-27-24(18-6-7-18)22(31-25)12-23(29)30-13-17-5-9-21-20(11-17)26-14-28(21)3/h4-5,8-11,14,18H,6-7,12-13H2,1-3H3. The fourth-order valence-electron chi connectivity index (χ4n) is 3.95. The molecule has 5 rings (SSSR count). The summed E-state index contributed by atoms with van der Waals surface area (Å²) in [5, 5.41) is 1.00. The van der Waals surface area contributed by atoms with Crippen molar-refractivity contribution in [3.05, 3.63) is 70.0 Å². The Labute approximate surface area is 185 Å². The van der Waals surface area contributed by atoms with Gasteiger partial charge in [0.15, 0.2) is 0 Å². The van der Waals surface area contributed by atoms with E-state index in [1.165, 1.54) is 11.1 Å². The molecule has 31 heavy (non-hydrogen) atoms. The van der Waals surface area contributed by atoms with Crippen LogP contribution in [0.15, 0.2) is 42.7 Å². The van der Waals surface area contributed by atoms with Crippen LogP contribution in [0.25, 0.3) is 21.6 Å². The fraction of sp³-hybridized carbons (Fsp3) is 0.320. The number of ether oxygens (including phenoxy) is 1. The summed E-state index contributed by atoms with van der Waals surface area (Å²) in [5.74, 6) is 0.281. The van der Waals surface area contributed by atoms with Gasteiger partial charge in [0.25, 0.3) is 0 Å². The predicted molar refractivity (Wildman–Crippen MR) is 123 cm³/mol. The molecule has 0 saturated heterocycles. The summed E-state index contributed by atoms with van der Waals surface area (Å²) in [6.45, 7) is 4.47. The highest BCUT2D eigenvalue weighted by atomic mass is 32.1. The Morgan fingerprint density at radius 1 is 1.19 bits per heavy atom. The van der Waals surface area contributed by atoms with E-state index in [1.807, 2.05) is 29.8 Å². The summed E-state index contributed by atoms with van der Waals surface area (Å²) in [4.78, 5) is 23.0. The van der Waals surface area contributed by atoms with Crippen LogP contribution in [0.5, 0.6) is 0 Å². The van der Waals surface area contributed by atoms with Crippen LogP contribution >= 0.6 is 11.3 Å². The molecule has 1 aliphatic carbocycles. The number of aryl methyl sites for hydroxylation is 3. The smallest absolute Gasteiger partial charge is 0.311 e. The van der Waals surface area contributed by atoms with E-state index >= 15 is 0 Å². The van der Waals surface area contributed by atoms with Gasteiger partial charge in [-0.2, -0.15) is 0 Å². The van der Waals surface area contributed by atoms with E-state index in [0.717, 1.165) is 50.6 Å². The van der Waals surface area contributed by atoms with Crippen LogP contribution in [-0.2, 0) is 29.6 Å². The second kappa shape index (κ2) is 7.93. The van der Waals surface area contributed by atoms with Crippen molar-refractivity contribution < 1.29 is 9.53 Å². The first-order valence-electron chi connectivity index (χ1n) is 10.6. The zero-order chi connectivity index (χ0) is 21.5. The Morgan fingerprint density at radius 2 is 2.03 bits per heavy atom. The van der Waals surface area contributed by atoms with Crippen LogP contribution in [0.4, 0.5) is 0 Å². The third kappa shape index (κ3) is 4.12. The summed E-state index contributed by atoms with van der Waals surface area (Å²) in [7, 11) is 1.97. The topological polar surface area (TPSA) is 57.0 Å². The first-order chi connectivity index (χ1) is 15.0. The van der Waals surface area contributed by atoms with Gasteiger partial charge in [0.05, 0.1) is 29.5 Å². The maximum absolute atomic E-state index is 12.6. The highest BCUT2D eigenvalue weighted by molar-refractivity contribution is 7.15. The third-order valence-electron chi connectivity index (χ3n) is 5.80. The summed E-state index contributed by atoms with van der Waals surface area (Å²) < 4.78 is 7.58. The van der Waals surface area contributed by atoms with Gasteiger partial charge in [0, 0.05) is 23.4 Å². The molecule has 0 spiro atoms.